The summed E-state index contributed by atoms with van der Waals surface area (Å²) >= 11 is 1.60. The van der Waals surface area contributed by atoms with Crippen molar-refractivity contribution in [2.45, 2.75) is 56.0 Å². The van der Waals surface area contributed by atoms with Crippen molar-refractivity contribution in [1.29, 1.82) is 0 Å². The lowest BCUT2D eigenvalue weighted by atomic mass is 9.78. The zero-order valence-corrected chi connectivity index (χ0v) is 18.1. The maximum absolute atomic E-state index is 13.3. The Balaban J connectivity index is 1.65. The van der Waals surface area contributed by atoms with Crippen molar-refractivity contribution in [3.8, 4) is 0 Å². The first kappa shape index (κ1) is 20.0. The number of amides is 1. The molecule has 1 saturated carbocycles. The maximum atomic E-state index is 13.3. The number of fused-ring (bicyclic) bond motifs is 1. The Morgan fingerprint density at radius 3 is 2.62 bits per heavy atom. The van der Waals surface area contributed by atoms with Crippen LogP contribution in [0.2, 0.25) is 0 Å². The summed E-state index contributed by atoms with van der Waals surface area (Å²) in [4.78, 5) is 19.2. The lowest BCUT2D eigenvalue weighted by molar-refractivity contribution is 0.0892. The van der Waals surface area contributed by atoms with E-state index >= 15 is 0 Å². The molecule has 1 aromatic heterocycles. The van der Waals surface area contributed by atoms with Gasteiger partial charge in [-0.05, 0) is 49.4 Å². The number of carbonyl (C=O) groups is 1. The van der Waals surface area contributed by atoms with Gasteiger partial charge in [0.2, 0.25) is 0 Å². The summed E-state index contributed by atoms with van der Waals surface area (Å²) in [6.07, 6.45) is 3.50. The molecular formula is C25H28N2OS. The topological polar surface area (TPSA) is 42.0 Å². The molecule has 1 fully saturated rings. The first-order valence-corrected chi connectivity index (χ1v) is 11.3. The van der Waals surface area contributed by atoms with Gasteiger partial charge in [-0.15, -0.1) is 0 Å². The van der Waals surface area contributed by atoms with Crippen LogP contribution >= 0.6 is 11.8 Å². The van der Waals surface area contributed by atoms with Crippen molar-refractivity contribution in [2.24, 2.45) is 11.8 Å². The van der Waals surface area contributed by atoms with E-state index in [0.717, 1.165) is 32.8 Å². The molecular weight excluding hydrogens is 376 g/mol. The van der Waals surface area contributed by atoms with E-state index in [-0.39, 0.29) is 11.9 Å². The van der Waals surface area contributed by atoms with Crippen LogP contribution in [-0.2, 0) is 0 Å². The fraction of sp³-hybridized carbons (Fsp3) is 0.360. The summed E-state index contributed by atoms with van der Waals surface area (Å²) < 4.78 is 0. The van der Waals surface area contributed by atoms with Crippen LogP contribution < -0.4 is 5.32 Å². The number of para-hydroxylation sites is 1. The highest BCUT2D eigenvalue weighted by atomic mass is 32.2. The van der Waals surface area contributed by atoms with Crippen molar-refractivity contribution in [1.82, 2.24) is 10.3 Å². The molecule has 4 heteroatoms. The molecule has 2 aromatic carbocycles. The number of hydrogen-bond acceptors (Lipinski definition) is 3. The summed E-state index contributed by atoms with van der Waals surface area (Å²) in [5.41, 5.74) is 2.81. The number of nitrogens with one attached hydrogen (secondary N) is 1. The van der Waals surface area contributed by atoms with E-state index in [1.54, 1.807) is 11.8 Å². The summed E-state index contributed by atoms with van der Waals surface area (Å²) in [7, 11) is 0. The SMILES string of the molecule is Cc1ccc(Sc2cc(C(=O)N[C@@H]3CCC[C@H](C)[C@@H]3C)c3ccccc3n2)cc1. The van der Waals surface area contributed by atoms with Crippen LogP contribution in [0, 0.1) is 18.8 Å². The third kappa shape index (κ3) is 4.48. The fourth-order valence-corrected chi connectivity index (χ4v) is 4.98. The Morgan fingerprint density at radius 2 is 1.83 bits per heavy atom. The number of aryl methyl sites for hydroxylation is 1. The molecule has 0 unspecified atom stereocenters. The van der Waals surface area contributed by atoms with E-state index in [1.165, 1.54) is 18.4 Å². The van der Waals surface area contributed by atoms with Gasteiger partial charge in [0.25, 0.3) is 5.91 Å². The molecule has 0 aliphatic heterocycles. The molecule has 1 N–H and O–H groups in total. The third-order valence-corrected chi connectivity index (χ3v) is 7.13. The van der Waals surface area contributed by atoms with Crippen molar-refractivity contribution >= 4 is 28.6 Å². The van der Waals surface area contributed by atoms with E-state index < -0.39 is 0 Å². The second kappa shape index (κ2) is 8.58. The number of benzene rings is 2. The van der Waals surface area contributed by atoms with Crippen molar-refractivity contribution in [3.05, 3.63) is 65.7 Å². The van der Waals surface area contributed by atoms with Crippen molar-refractivity contribution in [3.63, 3.8) is 0 Å². The van der Waals surface area contributed by atoms with Crippen LogP contribution in [0.25, 0.3) is 10.9 Å². The number of rotatable bonds is 4. The number of hydrogen-bond donors (Lipinski definition) is 1. The molecule has 1 aliphatic carbocycles. The minimum Gasteiger partial charge on any atom is -0.349 e. The van der Waals surface area contributed by atoms with Gasteiger partial charge >= 0.3 is 0 Å². The van der Waals surface area contributed by atoms with E-state index in [1.807, 2.05) is 30.3 Å². The number of pyridine rings is 1. The Labute approximate surface area is 177 Å². The standard InChI is InChI=1S/C25H28N2OS/c1-16-11-13-19(14-12-16)29-24-15-21(20-8-4-5-9-23(20)26-24)25(28)27-22-10-6-7-17(2)18(22)3/h4-5,8-9,11-15,17-18,22H,6-7,10H2,1-3H3,(H,27,28)/t17-,18-,22+/m0/s1. The quantitative estimate of drug-likeness (QED) is 0.559. The Hall–Kier alpha value is -2.33. The number of carbonyl (C=O) groups excluding carboxylic acids is 1. The van der Waals surface area contributed by atoms with Gasteiger partial charge in [-0.25, -0.2) is 4.98 Å². The molecule has 4 rings (SSSR count). The van der Waals surface area contributed by atoms with E-state index in [0.29, 0.717) is 11.8 Å². The highest BCUT2D eigenvalue weighted by molar-refractivity contribution is 7.99. The van der Waals surface area contributed by atoms with Crippen LogP contribution in [0.1, 0.15) is 49.0 Å². The average molecular weight is 405 g/mol. The average Bonchev–Trinajstić information content (AvgIpc) is 2.72. The molecule has 3 atom stereocenters. The highest BCUT2D eigenvalue weighted by Gasteiger charge is 2.29. The van der Waals surface area contributed by atoms with Crippen LogP contribution in [-0.4, -0.2) is 16.9 Å². The van der Waals surface area contributed by atoms with Gasteiger partial charge in [-0.2, -0.15) is 0 Å². The zero-order chi connectivity index (χ0) is 20.4. The summed E-state index contributed by atoms with van der Waals surface area (Å²) in [6.45, 7) is 6.64. The van der Waals surface area contributed by atoms with Crippen molar-refractivity contribution in [2.75, 3.05) is 0 Å². The Kier molecular flexibility index (Phi) is 5.91. The normalized spacial score (nSPS) is 21.8. The molecule has 0 spiro atoms. The van der Waals surface area contributed by atoms with Crippen LogP contribution in [0.3, 0.4) is 0 Å². The molecule has 0 saturated heterocycles. The predicted molar refractivity (Wildman–Crippen MR) is 120 cm³/mol. The van der Waals surface area contributed by atoms with Gasteiger partial charge in [0.15, 0.2) is 0 Å². The number of nitrogens with zero attached hydrogens (tertiary/aromatic N) is 1. The van der Waals surface area contributed by atoms with Crippen LogP contribution in [0.15, 0.2) is 64.5 Å². The van der Waals surface area contributed by atoms with Gasteiger partial charge in [0.05, 0.1) is 11.1 Å². The molecule has 1 amide bonds. The minimum atomic E-state index is 0.0142. The van der Waals surface area contributed by atoms with Gasteiger partial charge < -0.3 is 5.32 Å². The first-order valence-electron chi connectivity index (χ1n) is 10.5. The largest absolute Gasteiger partial charge is 0.349 e. The highest BCUT2D eigenvalue weighted by Crippen LogP contribution is 2.32. The zero-order valence-electron chi connectivity index (χ0n) is 17.3. The molecule has 1 aliphatic rings. The van der Waals surface area contributed by atoms with Gasteiger partial charge in [-0.3, -0.25) is 4.79 Å². The van der Waals surface area contributed by atoms with Gasteiger partial charge in [0.1, 0.15) is 5.03 Å². The first-order chi connectivity index (χ1) is 14.0. The van der Waals surface area contributed by atoms with Gasteiger partial charge in [0, 0.05) is 16.3 Å². The van der Waals surface area contributed by atoms with Crippen molar-refractivity contribution < 1.29 is 4.79 Å². The third-order valence-electron chi connectivity index (χ3n) is 6.20. The summed E-state index contributed by atoms with van der Waals surface area (Å²) in [6, 6.07) is 18.5. The molecule has 3 aromatic rings. The Bertz CT molecular complexity index is 1020. The van der Waals surface area contributed by atoms with Gasteiger partial charge in [-0.1, -0.05) is 74.3 Å². The van der Waals surface area contributed by atoms with E-state index in [9.17, 15) is 4.79 Å². The molecule has 3 nitrogen and oxygen atoms in total. The molecule has 29 heavy (non-hydrogen) atoms. The minimum absolute atomic E-state index is 0.0142. The molecule has 150 valence electrons. The molecule has 0 bridgehead atoms. The summed E-state index contributed by atoms with van der Waals surface area (Å²) in [5.74, 6) is 1.17. The lowest BCUT2D eigenvalue weighted by Crippen LogP contribution is -2.43. The number of aromatic nitrogens is 1. The van der Waals surface area contributed by atoms with Crippen LogP contribution in [0.5, 0.6) is 0 Å². The van der Waals surface area contributed by atoms with Crippen LogP contribution in [0.4, 0.5) is 0 Å². The van der Waals surface area contributed by atoms with E-state index in [2.05, 4.69) is 50.4 Å². The second-order valence-electron chi connectivity index (χ2n) is 8.29. The molecule has 0 radical (unpaired) electrons. The second-order valence-corrected chi connectivity index (χ2v) is 9.38. The summed E-state index contributed by atoms with van der Waals surface area (Å²) in [5, 5.41) is 5.09. The Morgan fingerprint density at radius 1 is 1.07 bits per heavy atom. The molecule has 1 heterocycles. The lowest BCUT2D eigenvalue weighted by Gasteiger charge is -2.34. The predicted octanol–water partition coefficient (Wildman–Crippen LogP) is 6.25. The van der Waals surface area contributed by atoms with E-state index in [4.69, 9.17) is 4.98 Å². The monoisotopic (exact) mass is 404 g/mol. The smallest absolute Gasteiger partial charge is 0.252 e. The maximum Gasteiger partial charge on any atom is 0.252 e. The fourth-order valence-electron chi connectivity index (χ4n) is 4.15.